The van der Waals surface area contributed by atoms with Crippen molar-refractivity contribution in [3.63, 3.8) is 0 Å². The number of ketones is 1. The van der Waals surface area contributed by atoms with Gasteiger partial charge in [-0.15, -0.1) is 0 Å². The number of aromatic nitrogens is 1. The molecule has 2 aromatic rings. The van der Waals surface area contributed by atoms with Gasteiger partial charge in [-0.1, -0.05) is 29.8 Å². The number of methoxy groups -OCH3 is 1. The van der Waals surface area contributed by atoms with E-state index in [0.29, 0.717) is 35.0 Å². The van der Waals surface area contributed by atoms with Crippen LogP contribution in [0.1, 0.15) is 17.2 Å². The number of hydrogen-bond donors (Lipinski definition) is 1. The number of halogens is 2. The first-order valence-electron chi connectivity index (χ1n) is 9.08. The zero-order valence-corrected chi connectivity index (χ0v) is 16.4. The van der Waals surface area contributed by atoms with E-state index in [1.165, 1.54) is 19.4 Å². The van der Waals surface area contributed by atoms with Crippen molar-refractivity contribution in [3.8, 4) is 5.75 Å². The van der Waals surface area contributed by atoms with Gasteiger partial charge in [0.1, 0.15) is 18.0 Å². The Hall–Kier alpha value is -2.74. The molecule has 1 N–H and O–H groups in total. The summed E-state index contributed by atoms with van der Waals surface area (Å²) < 4.78 is 18.6. The van der Waals surface area contributed by atoms with Crippen LogP contribution in [0.3, 0.4) is 0 Å². The maximum Gasteiger partial charge on any atom is 0.212 e. The number of Topliss-reactive ketones (excluding diaryl/α,β-unsaturated/α-hetero) is 1. The van der Waals surface area contributed by atoms with Gasteiger partial charge in [-0.3, -0.25) is 4.79 Å². The van der Waals surface area contributed by atoms with Gasteiger partial charge in [-0.05, 0) is 35.9 Å². The summed E-state index contributed by atoms with van der Waals surface area (Å²) in [6.07, 6.45) is 6.66. The van der Waals surface area contributed by atoms with E-state index in [0.717, 1.165) is 10.6 Å². The highest BCUT2D eigenvalue weighted by atomic mass is 35.5. The lowest BCUT2D eigenvalue weighted by molar-refractivity contribution is -0.209. The number of ether oxygens (including phenoxy) is 1. The molecule has 0 spiro atoms. The molecule has 1 saturated heterocycles. The fourth-order valence-electron chi connectivity index (χ4n) is 3.75. The molecule has 0 bridgehead atoms. The van der Waals surface area contributed by atoms with Crippen molar-refractivity contribution in [1.82, 2.24) is 14.9 Å². The van der Waals surface area contributed by atoms with E-state index in [-0.39, 0.29) is 5.78 Å². The number of carbonyl (C=O) groups excluding carboxylic acids is 1. The second-order valence-corrected chi connectivity index (χ2v) is 7.28. The lowest BCUT2D eigenvalue weighted by Gasteiger charge is -2.47. The van der Waals surface area contributed by atoms with E-state index in [1.54, 1.807) is 30.3 Å². The molecule has 0 radical (unpaired) electrons. The summed E-state index contributed by atoms with van der Waals surface area (Å²) in [5.41, 5.74) is 1.70. The molecule has 1 aromatic heterocycles. The van der Waals surface area contributed by atoms with Crippen LogP contribution in [-0.2, 0) is 11.2 Å². The van der Waals surface area contributed by atoms with Crippen molar-refractivity contribution >= 4 is 17.4 Å². The molecule has 0 amide bonds. The number of nitrogens with zero attached hydrogens (tertiary/aromatic N) is 3. The summed E-state index contributed by atoms with van der Waals surface area (Å²) in [5, 5.41) is 12.6. The second-order valence-electron chi connectivity index (χ2n) is 6.84. The zero-order chi connectivity index (χ0) is 20.5. The molecule has 6 nitrogen and oxygen atoms in total. The van der Waals surface area contributed by atoms with Crippen LogP contribution < -0.4 is 4.74 Å². The highest BCUT2D eigenvalue weighted by Gasteiger charge is 2.45. The number of hydrogen-bond acceptors (Lipinski definition) is 6. The van der Waals surface area contributed by atoms with Crippen LogP contribution in [0.5, 0.6) is 5.75 Å². The monoisotopic (exact) mass is 415 g/mol. The van der Waals surface area contributed by atoms with Gasteiger partial charge in [0.2, 0.25) is 11.7 Å². The summed E-state index contributed by atoms with van der Waals surface area (Å²) in [7, 11) is 1.50. The van der Waals surface area contributed by atoms with Crippen LogP contribution in [0, 0.1) is 5.95 Å². The van der Waals surface area contributed by atoms with Crippen molar-refractivity contribution in [2.24, 2.45) is 0 Å². The Morgan fingerprint density at radius 2 is 2.17 bits per heavy atom. The normalized spacial score (nSPS) is 21.7. The molecule has 1 aromatic carbocycles. The molecule has 1 fully saturated rings. The largest absolute Gasteiger partial charge is 0.496 e. The predicted molar refractivity (Wildman–Crippen MR) is 105 cm³/mol. The number of benzene rings is 1. The predicted octanol–water partition coefficient (Wildman–Crippen LogP) is 3.52. The summed E-state index contributed by atoms with van der Waals surface area (Å²) >= 11 is 6.16. The third-order valence-corrected chi connectivity index (χ3v) is 5.36. The minimum Gasteiger partial charge on any atom is -0.496 e. The number of fused-ring (bicyclic) bond motifs is 1. The van der Waals surface area contributed by atoms with Gasteiger partial charge in [-0.2, -0.15) is 9.45 Å². The molecule has 2 aliphatic rings. The number of allylic oxidation sites excluding steroid dienone is 2. The highest BCUT2D eigenvalue weighted by molar-refractivity contribution is 6.30. The van der Waals surface area contributed by atoms with E-state index < -0.39 is 18.2 Å². The fourth-order valence-corrected chi connectivity index (χ4v) is 3.93. The lowest BCUT2D eigenvalue weighted by atomic mass is 9.92. The second kappa shape index (κ2) is 7.94. The average Bonchev–Trinajstić information content (AvgIpc) is 2.73. The Balaban J connectivity index is 1.77. The molecule has 8 heteroatoms. The van der Waals surface area contributed by atoms with Gasteiger partial charge in [0.25, 0.3) is 0 Å². The topological polar surface area (TPSA) is 65.9 Å². The average molecular weight is 416 g/mol. The molecule has 0 aliphatic carbocycles. The quantitative estimate of drug-likeness (QED) is 0.771. The third kappa shape index (κ3) is 3.64. The van der Waals surface area contributed by atoms with Crippen molar-refractivity contribution in [1.29, 1.82) is 0 Å². The lowest BCUT2D eigenvalue weighted by Crippen LogP contribution is -2.57. The third-order valence-electron chi connectivity index (χ3n) is 5.13. The molecule has 4 rings (SSSR count). The molecule has 2 unspecified atom stereocenters. The Morgan fingerprint density at radius 3 is 2.90 bits per heavy atom. The first-order valence-corrected chi connectivity index (χ1v) is 9.46. The van der Waals surface area contributed by atoms with Crippen LogP contribution in [0.4, 0.5) is 4.39 Å². The van der Waals surface area contributed by atoms with E-state index in [9.17, 15) is 14.4 Å². The van der Waals surface area contributed by atoms with E-state index in [1.807, 2.05) is 17.1 Å². The van der Waals surface area contributed by atoms with Crippen molar-refractivity contribution < 1.29 is 19.1 Å². The summed E-state index contributed by atoms with van der Waals surface area (Å²) in [6.45, 7) is 0.466. The molecular formula is C21H19ClFN3O3. The Labute approximate surface area is 172 Å². The zero-order valence-electron chi connectivity index (χ0n) is 15.6. The van der Waals surface area contributed by atoms with Gasteiger partial charge in [-0.25, -0.2) is 4.98 Å². The molecule has 150 valence electrons. The highest BCUT2D eigenvalue weighted by Crippen LogP contribution is 2.40. The van der Waals surface area contributed by atoms with Crippen molar-refractivity contribution in [2.75, 3.05) is 13.7 Å². The molecule has 29 heavy (non-hydrogen) atoms. The van der Waals surface area contributed by atoms with Gasteiger partial charge < -0.3 is 14.8 Å². The smallest absolute Gasteiger partial charge is 0.212 e. The van der Waals surface area contributed by atoms with Gasteiger partial charge in [0.05, 0.1) is 12.8 Å². The molecule has 2 atom stereocenters. The fraction of sp³-hybridized carbons (Fsp3) is 0.238. The van der Waals surface area contributed by atoms with E-state index in [2.05, 4.69) is 4.98 Å². The van der Waals surface area contributed by atoms with Crippen LogP contribution in [0.15, 0.2) is 60.5 Å². The first-order chi connectivity index (χ1) is 14.0. The minimum absolute atomic E-state index is 0.258. The van der Waals surface area contributed by atoms with Crippen LogP contribution >= 0.6 is 11.6 Å². The van der Waals surface area contributed by atoms with Crippen LogP contribution in [-0.4, -0.2) is 45.8 Å². The standard InChI is InChI=1S/C21H19ClFN3O3/c1-29-17-7-6-14(22)11-15(17)20-21(27)16-4-2-3-9-25(16)19(26(20)28)10-13-5-8-18(23)24-12-13/h2-8,11-12,19-20,28H,9-10H2,1H3. The molecule has 0 saturated carbocycles. The van der Waals surface area contributed by atoms with Crippen molar-refractivity contribution in [3.05, 3.63) is 82.6 Å². The SMILES string of the molecule is COc1ccc(Cl)cc1C1C(=O)C2=CC=CCN2C(Cc2ccc(F)nc2)N1O. The summed E-state index contributed by atoms with van der Waals surface area (Å²) in [4.78, 5) is 18.8. The first kappa shape index (κ1) is 19.6. The number of rotatable bonds is 4. The van der Waals surface area contributed by atoms with E-state index >= 15 is 0 Å². The maximum atomic E-state index is 13.3. The number of carbonyl (C=O) groups is 1. The summed E-state index contributed by atoms with van der Waals surface area (Å²) in [5.74, 6) is -0.378. The van der Waals surface area contributed by atoms with Gasteiger partial charge >= 0.3 is 0 Å². The maximum absolute atomic E-state index is 13.3. The van der Waals surface area contributed by atoms with Gasteiger partial charge in [0, 0.05) is 29.7 Å². The molecule has 3 heterocycles. The minimum atomic E-state index is -0.990. The van der Waals surface area contributed by atoms with Crippen LogP contribution in [0.25, 0.3) is 0 Å². The Kier molecular flexibility index (Phi) is 5.36. The summed E-state index contributed by atoms with van der Waals surface area (Å²) in [6, 6.07) is 6.85. The molecule has 2 aliphatic heterocycles. The number of hydroxylamine groups is 2. The number of pyridine rings is 1. The van der Waals surface area contributed by atoms with Gasteiger partial charge in [0.15, 0.2) is 0 Å². The van der Waals surface area contributed by atoms with Crippen molar-refractivity contribution in [2.45, 2.75) is 18.6 Å². The molecular weight excluding hydrogens is 397 g/mol. The van der Waals surface area contributed by atoms with Crippen LogP contribution in [0.2, 0.25) is 5.02 Å². The van der Waals surface area contributed by atoms with E-state index in [4.69, 9.17) is 16.3 Å². The Bertz CT molecular complexity index is 993. The Morgan fingerprint density at radius 1 is 1.34 bits per heavy atom.